The number of hydrogen-bond acceptors (Lipinski definition) is 10. The molecule has 0 aromatic heterocycles. The van der Waals surface area contributed by atoms with Crippen molar-refractivity contribution in [1.82, 2.24) is 10.6 Å². The van der Waals surface area contributed by atoms with Crippen LogP contribution in [0.1, 0.15) is 40.5 Å². The minimum atomic E-state index is -2.40. The van der Waals surface area contributed by atoms with Crippen LogP contribution in [0.25, 0.3) is 0 Å². The van der Waals surface area contributed by atoms with E-state index >= 15 is 0 Å². The summed E-state index contributed by atoms with van der Waals surface area (Å²) in [6.07, 6.45) is -4.92. The number of nitrogens with one attached hydrogen (secondary N) is 2. The van der Waals surface area contributed by atoms with Gasteiger partial charge in [0.1, 0.15) is 0 Å². The van der Waals surface area contributed by atoms with Gasteiger partial charge in [-0.3, -0.25) is 9.59 Å². The summed E-state index contributed by atoms with van der Waals surface area (Å²) in [5.41, 5.74) is 0. The van der Waals surface area contributed by atoms with Crippen LogP contribution in [0.2, 0.25) is 0 Å². The lowest BCUT2D eigenvalue weighted by Gasteiger charge is -2.40. The fourth-order valence-corrected chi connectivity index (χ4v) is 3.48. The number of carbonyl (C=O) groups excluding carboxylic acids is 2. The Balaban J connectivity index is 0.000000320. The molecule has 8 N–H and O–H groups in total. The lowest BCUT2D eigenvalue weighted by molar-refractivity contribution is -0.273. The number of carbonyl (C=O) groups is 4. The first kappa shape index (κ1) is 27.7. The van der Waals surface area contributed by atoms with Gasteiger partial charge in [0, 0.05) is 26.7 Å². The molecule has 2 aliphatic rings. The van der Waals surface area contributed by atoms with Crippen molar-refractivity contribution in [1.29, 1.82) is 0 Å². The van der Waals surface area contributed by atoms with E-state index in [2.05, 4.69) is 10.6 Å². The Labute approximate surface area is 183 Å². The molecule has 8 atom stereocenters. The summed E-state index contributed by atoms with van der Waals surface area (Å²) in [7, 11) is 0. The van der Waals surface area contributed by atoms with E-state index < -0.39 is 72.9 Å². The highest BCUT2D eigenvalue weighted by atomic mass is 16.7. The third-order valence-corrected chi connectivity index (χ3v) is 4.98. The van der Waals surface area contributed by atoms with E-state index in [9.17, 15) is 39.6 Å². The summed E-state index contributed by atoms with van der Waals surface area (Å²) >= 11 is 0. The third kappa shape index (κ3) is 6.82. The second-order valence-electron chi connectivity index (χ2n) is 7.82. The van der Waals surface area contributed by atoms with Crippen LogP contribution in [-0.4, -0.2) is 102 Å². The number of aliphatic hydroxyl groups is 4. The number of ether oxygens (including phenoxy) is 2. The van der Waals surface area contributed by atoms with Crippen molar-refractivity contribution in [3.8, 4) is 0 Å². The predicted molar refractivity (Wildman–Crippen MR) is 103 cm³/mol. The Bertz CT molecular complexity index is 645. The van der Waals surface area contributed by atoms with Gasteiger partial charge in [-0.15, -0.1) is 0 Å². The molecule has 0 spiro atoms. The van der Waals surface area contributed by atoms with Gasteiger partial charge in [-0.25, -0.2) is 9.59 Å². The number of carboxylic acids is 2. The number of amides is 2. The fraction of sp³-hybridized carbons (Fsp3) is 0.778. The van der Waals surface area contributed by atoms with Crippen molar-refractivity contribution >= 4 is 23.8 Å². The van der Waals surface area contributed by atoms with Crippen LogP contribution in [0, 0.1) is 0 Å². The molecule has 2 aliphatic heterocycles. The monoisotopic (exact) mass is 466 g/mol. The summed E-state index contributed by atoms with van der Waals surface area (Å²) in [6, 6.07) is -1.45. The SMILES string of the molecule is CC(=O)NC1C(O)CC(O)(C(=O)O)OC1C.CC(=O)NC1C(O)CC(O)(C(=O)O)OC1C. The molecule has 2 fully saturated rings. The van der Waals surface area contributed by atoms with Crippen LogP contribution < -0.4 is 10.6 Å². The molecule has 0 radical (unpaired) electrons. The van der Waals surface area contributed by atoms with E-state index in [4.69, 9.17) is 19.7 Å². The second kappa shape index (κ2) is 10.5. The van der Waals surface area contributed by atoms with Gasteiger partial charge >= 0.3 is 11.9 Å². The molecule has 184 valence electrons. The average Bonchev–Trinajstić information content (AvgIpc) is 2.61. The minimum Gasteiger partial charge on any atom is -0.477 e. The molecule has 2 saturated heterocycles. The van der Waals surface area contributed by atoms with E-state index in [0.717, 1.165) is 0 Å². The Morgan fingerprint density at radius 2 is 1.03 bits per heavy atom. The standard InChI is InChI=1S/2C9H15NO6/c2*1-4-7(10-5(2)11)6(12)3-9(15,16-4)8(13)14/h2*4,6-7,12,15H,3H2,1-2H3,(H,10,11)(H,13,14). The smallest absolute Gasteiger partial charge is 0.364 e. The molecule has 0 aliphatic carbocycles. The maximum atomic E-state index is 10.8. The first-order valence-electron chi connectivity index (χ1n) is 9.70. The number of hydrogen-bond donors (Lipinski definition) is 8. The molecule has 14 nitrogen and oxygen atoms in total. The van der Waals surface area contributed by atoms with Gasteiger partial charge in [0.15, 0.2) is 0 Å². The molecule has 0 bridgehead atoms. The zero-order valence-electron chi connectivity index (χ0n) is 18.0. The van der Waals surface area contributed by atoms with Gasteiger partial charge < -0.3 is 50.7 Å². The molecule has 14 heteroatoms. The molecular formula is C18H30N2O12. The quantitative estimate of drug-likeness (QED) is 0.205. The van der Waals surface area contributed by atoms with Gasteiger partial charge in [-0.05, 0) is 13.8 Å². The van der Waals surface area contributed by atoms with Crippen molar-refractivity contribution in [2.24, 2.45) is 0 Å². The fourth-order valence-electron chi connectivity index (χ4n) is 3.48. The normalized spacial score (nSPS) is 39.1. The molecule has 32 heavy (non-hydrogen) atoms. The Kier molecular flexibility index (Phi) is 9.08. The number of carboxylic acid groups (broad SMARTS) is 2. The largest absolute Gasteiger partial charge is 0.477 e. The zero-order valence-corrected chi connectivity index (χ0v) is 18.0. The molecule has 2 amide bonds. The second-order valence-corrected chi connectivity index (χ2v) is 7.82. The summed E-state index contributed by atoms with van der Waals surface area (Å²) < 4.78 is 9.80. The molecule has 0 aromatic rings. The van der Waals surface area contributed by atoms with E-state index in [-0.39, 0.29) is 11.8 Å². The third-order valence-electron chi connectivity index (χ3n) is 4.98. The topological polar surface area (TPSA) is 232 Å². The highest BCUT2D eigenvalue weighted by molar-refractivity contribution is 5.76. The Hall–Kier alpha value is -2.36. The molecular weight excluding hydrogens is 436 g/mol. The van der Waals surface area contributed by atoms with Crippen LogP contribution in [0.4, 0.5) is 0 Å². The van der Waals surface area contributed by atoms with Crippen molar-refractivity contribution in [2.75, 3.05) is 0 Å². The van der Waals surface area contributed by atoms with Crippen molar-refractivity contribution in [3.63, 3.8) is 0 Å². The summed E-state index contributed by atoms with van der Waals surface area (Å²) in [4.78, 5) is 43.1. The summed E-state index contributed by atoms with van der Waals surface area (Å²) in [5, 5.41) is 60.7. The van der Waals surface area contributed by atoms with Crippen LogP contribution in [0.5, 0.6) is 0 Å². The highest BCUT2D eigenvalue weighted by Gasteiger charge is 2.50. The van der Waals surface area contributed by atoms with Crippen molar-refractivity contribution in [3.05, 3.63) is 0 Å². The van der Waals surface area contributed by atoms with Crippen LogP contribution in [-0.2, 0) is 28.7 Å². The molecule has 0 saturated carbocycles. The highest BCUT2D eigenvalue weighted by Crippen LogP contribution is 2.28. The molecule has 8 unspecified atom stereocenters. The van der Waals surface area contributed by atoms with Gasteiger partial charge in [-0.1, -0.05) is 0 Å². The average molecular weight is 466 g/mol. The number of aliphatic hydroxyl groups excluding tert-OH is 2. The lowest BCUT2D eigenvalue weighted by Crippen LogP contribution is -2.62. The summed E-state index contributed by atoms with van der Waals surface area (Å²) in [6.45, 7) is 5.49. The van der Waals surface area contributed by atoms with E-state index in [1.807, 2.05) is 0 Å². The van der Waals surface area contributed by atoms with Crippen molar-refractivity contribution < 1.29 is 59.3 Å². The number of aliphatic carboxylic acids is 2. The van der Waals surface area contributed by atoms with Gasteiger partial charge in [-0.2, -0.15) is 0 Å². The maximum Gasteiger partial charge on any atom is 0.364 e. The summed E-state index contributed by atoms with van der Waals surface area (Å²) in [5.74, 6) is -8.62. The Morgan fingerprint density at radius 3 is 1.22 bits per heavy atom. The van der Waals surface area contributed by atoms with Crippen LogP contribution >= 0.6 is 0 Å². The first-order chi connectivity index (χ1) is 14.5. The minimum absolute atomic E-state index is 0.361. The first-order valence-corrected chi connectivity index (χ1v) is 9.70. The zero-order chi connectivity index (χ0) is 25.0. The van der Waals surface area contributed by atoms with E-state index in [1.54, 1.807) is 0 Å². The van der Waals surface area contributed by atoms with Gasteiger partial charge in [0.2, 0.25) is 11.8 Å². The lowest BCUT2D eigenvalue weighted by atomic mass is 9.94. The Morgan fingerprint density at radius 1 is 0.750 bits per heavy atom. The molecule has 0 aromatic carbocycles. The van der Waals surface area contributed by atoms with Crippen molar-refractivity contribution in [2.45, 2.75) is 88.6 Å². The van der Waals surface area contributed by atoms with Crippen LogP contribution in [0.3, 0.4) is 0 Å². The van der Waals surface area contributed by atoms with E-state index in [1.165, 1.54) is 27.7 Å². The predicted octanol–water partition coefficient (Wildman–Crippen LogP) is -3.13. The van der Waals surface area contributed by atoms with E-state index in [0.29, 0.717) is 0 Å². The van der Waals surface area contributed by atoms with Crippen LogP contribution in [0.15, 0.2) is 0 Å². The number of rotatable bonds is 4. The molecule has 2 rings (SSSR count). The van der Waals surface area contributed by atoms with Gasteiger partial charge in [0.05, 0.1) is 36.5 Å². The van der Waals surface area contributed by atoms with Gasteiger partial charge in [0.25, 0.3) is 11.6 Å². The maximum absolute atomic E-state index is 10.8. The molecule has 2 heterocycles.